The van der Waals surface area contributed by atoms with E-state index in [9.17, 15) is 0 Å². The van der Waals surface area contributed by atoms with Crippen molar-refractivity contribution in [2.75, 3.05) is 0 Å². The number of nitrogens with zero attached hydrogens (tertiary/aromatic N) is 4. The molecular formula is C52H34N4. The van der Waals surface area contributed by atoms with Gasteiger partial charge in [0.15, 0.2) is 0 Å². The first-order chi connectivity index (χ1) is 27.8. The van der Waals surface area contributed by atoms with Crippen LogP contribution in [0.2, 0.25) is 0 Å². The van der Waals surface area contributed by atoms with Gasteiger partial charge in [0, 0.05) is 38.4 Å². The van der Waals surface area contributed by atoms with E-state index in [4.69, 9.17) is 9.97 Å². The van der Waals surface area contributed by atoms with E-state index in [0.29, 0.717) is 5.95 Å². The molecule has 0 aliphatic heterocycles. The molecule has 11 rings (SSSR count). The van der Waals surface area contributed by atoms with Gasteiger partial charge in [-0.25, -0.2) is 9.97 Å². The monoisotopic (exact) mass is 714 g/mol. The van der Waals surface area contributed by atoms with Crippen LogP contribution >= 0.6 is 0 Å². The molecule has 0 atom stereocenters. The SMILES string of the molecule is c1ccc(-c2ccc(-c3cc(-c4cccc(-c5ccccc5)c4)nc(-n4c5ccccc5c5ccc6c(c7ccccc7n6-c6ccccc6)c54)n3)cc2)cc1. The molecule has 0 saturated heterocycles. The molecule has 0 N–H and O–H groups in total. The van der Waals surface area contributed by atoms with Gasteiger partial charge in [-0.2, -0.15) is 0 Å². The highest BCUT2D eigenvalue weighted by molar-refractivity contribution is 6.26. The zero-order valence-electron chi connectivity index (χ0n) is 30.4. The van der Waals surface area contributed by atoms with Crippen LogP contribution in [0, 0.1) is 0 Å². The highest BCUT2D eigenvalue weighted by atomic mass is 15.2. The predicted molar refractivity (Wildman–Crippen MR) is 232 cm³/mol. The molecule has 3 heterocycles. The normalized spacial score (nSPS) is 11.6. The lowest BCUT2D eigenvalue weighted by molar-refractivity contribution is 0.998. The van der Waals surface area contributed by atoms with Crippen molar-refractivity contribution in [3.63, 3.8) is 0 Å². The summed E-state index contributed by atoms with van der Waals surface area (Å²) in [5.41, 5.74) is 14.0. The van der Waals surface area contributed by atoms with Crippen LogP contribution < -0.4 is 0 Å². The molecule has 56 heavy (non-hydrogen) atoms. The van der Waals surface area contributed by atoms with Gasteiger partial charge >= 0.3 is 0 Å². The van der Waals surface area contributed by atoms with Crippen molar-refractivity contribution in [3.8, 4) is 56.4 Å². The van der Waals surface area contributed by atoms with Crippen molar-refractivity contribution in [2.24, 2.45) is 0 Å². The topological polar surface area (TPSA) is 35.6 Å². The highest BCUT2D eigenvalue weighted by Gasteiger charge is 2.22. The molecular weight excluding hydrogens is 681 g/mol. The summed E-state index contributed by atoms with van der Waals surface area (Å²) in [6.45, 7) is 0. The summed E-state index contributed by atoms with van der Waals surface area (Å²) in [5, 5.41) is 4.68. The molecule has 262 valence electrons. The van der Waals surface area contributed by atoms with Gasteiger partial charge in [-0.3, -0.25) is 4.57 Å². The molecule has 0 fully saturated rings. The molecule has 3 aromatic heterocycles. The predicted octanol–water partition coefficient (Wildman–Crippen LogP) is 13.3. The van der Waals surface area contributed by atoms with E-state index in [1.165, 1.54) is 27.5 Å². The van der Waals surface area contributed by atoms with E-state index in [1.807, 2.05) is 0 Å². The second kappa shape index (κ2) is 13.1. The molecule has 0 radical (unpaired) electrons. The van der Waals surface area contributed by atoms with Crippen LogP contribution in [0.3, 0.4) is 0 Å². The number of rotatable bonds is 6. The molecule has 0 spiro atoms. The number of para-hydroxylation sites is 3. The van der Waals surface area contributed by atoms with E-state index in [-0.39, 0.29) is 0 Å². The molecule has 0 aliphatic rings. The molecule has 8 aromatic carbocycles. The van der Waals surface area contributed by atoms with Crippen molar-refractivity contribution in [1.82, 2.24) is 19.1 Å². The molecule has 0 amide bonds. The van der Waals surface area contributed by atoms with Gasteiger partial charge in [-0.1, -0.05) is 164 Å². The first-order valence-electron chi connectivity index (χ1n) is 19.0. The van der Waals surface area contributed by atoms with Crippen LogP contribution in [0.25, 0.3) is 100 Å². The Morgan fingerprint density at radius 2 is 0.821 bits per heavy atom. The van der Waals surface area contributed by atoms with Crippen LogP contribution in [-0.4, -0.2) is 19.1 Å². The van der Waals surface area contributed by atoms with Crippen LogP contribution in [0.4, 0.5) is 0 Å². The Morgan fingerprint density at radius 1 is 0.304 bits per heavy atom. The Balaban J connectivity index is 1.21. The fourth-order valence-electron chi connectivity index (χ4n) is 8.35. The van der Waals surface area contributed by atoms with Gasteiger partial charge in [-0.05, 0) is 64.7 Å². The summed E-state index contributed by atoms with van der Waals surface area (Å²) < 4.78 is 4.67. The minimum Gasteiger partial charge on any atom is -0.309 e. The number of benzene rings is 8. The average molecular weight is 715 g/mol. The summed E-state index contributed by atoms with van der Waals surface area (Å²) in [7, 11) is 0. The maximum absolute atomic E-state index is 5.47. The number of hydrogen-bond donors (Lipinski definition) is 0. The summed E-state index contributed by atoms with van der Waals surface area (Å²) in [4.78, 5) is 10.9. The molecule has 4 heteroatoms. The minimum absolute atomic E-state index is 0.630. The average Bonchev–Trinajstić information content (AvgIpc) is 3.80. The summed E-state index contributed by atoms with van der Waals surface area (Å²) in [5.74, 6) is 0.630. The van der Waals surface area contributed by atoms with Gasteiger partial charge in [0.1, 0.15) is 0 Å². The largest absolute Gasteiger partial charge is 0.309 e. The van der Waals surface area contributed by atoms with Gasteiger partial charge < -0.3 is 4.57 Å². The molecule has 0 saturated carbocycles. The van der Waals surface area contributed by atoms with E-state index in [2.05, 4.69) is 215 Å². The lowest BCUT2D eigenvalue weighted by Gasteiger charge is -2.13. The zero-order valence-corrected chi connectivity index (χ0v) is 30.4. The smallest absolute Gasteiger partial charge is 0.235 e. The molecule has 0 unspecified atom stereocenters. The Bertz CT molecular complexity index is 3220. The van der Waals surface area contributed by atoms with Crippen molar-refractivity contribution >= 4 is 43.6 Å². The summed E-state index contributed by atoms with van der Waals surface area (Å²) >= 11 is 0. The summed E-state index contributed by atoms with van der Waals surface area (Å²) in [6, 6.07) is 73.1. The van der Waals surface area contributed by atoms with E-state index < -0.39 is 0 Å². The Labute approximate surface area is 324 Å². The zero-order chi connectivity index (χ0) is 37.0. The number of fused-ring (bicyclic) bond motifs is 7. The minimum atomic E-state index is 0.630. The van der Waals surface area contributed by atoms with Crippen LogP contribution in [0.1, 0.15) is 0 Å². The fraction of sp³-hybridized carbons (Fsp3) is 0. The van der Waals surface area contributed by atoms with Crippen molar-refractivity contribution < 1.29 is 0 Å². The molecule has 0 bridgehead atoms. The number of aromatic nitrogens is 4. The maximum atomic E-state index is 5.47. The van der Waals surface area contributed by atoms with Crippen LogP contribution in [0.5, 0.6) is 0 Å². The number of hydrogen-bond acceptors (Lipinski definition) is 2. The lowest BCUT2D eigenvalue weighted by atomic mass is 10.00. The van der Waals surface area contributed by atoms with E-state index >= 15 is 0 Å². The van der Waals surface area contributed by atoms with Crippen LogP contribution in [0.15, 0.2) is 206 Å². The highest BCUT2D eigenvalue weighted by Crippen LogP contribution is 2.42. The standard InChI is InChI=1S/C52H34N4/c1-4-15-35(16-5-1)37-27-29-38(30-28-37)45-34-46(40-20-14-19-39(33-40)36-17-6-2-7-18-36)54-52(53-45)56-47-25-12-10-23-42(47)43-31-32-49-50(51(43)56)44-24-11-13-26-48(44)55(49)41-21-8-3-9-22-41/h1-34H. The molecule has 4 nitrogen and oxygen atoms in total. The van der Waals surface area contributed by atoms with Crippen molar-refractivity contribution in [3.05, 3.63) is 206 Å². The third-order valence-electron chi connectivity index (χ3n) is 11.0. The second-order valence-electron chi connectivity index (χ2n) is 14.2. The first kappa shape index (κ1) is 31.9. The van der Waals surface area contributed by atoms with Gasteiger partial charge in [-0.15, -0.1) is 0 Å². The molecule has 11 aromatic rings. The van der Waals surface area contributed by atoms with Gasteiger partial charge in [0.05, 0.1) is 33.5 Å². The van der Waals surface area contributed by atoms with Gasteiger partial charge in [0.25, 0.3) is 0 Å². The third kappa shape index (κ3) is 5.23. The van der Waals surface area contributed by atoms with Crippen molar-refractivity contribution in [1.29, 1.82) is 0 Å². The van der Waals surface area contributed by atoms with E-state index in [1.54, 1.807) is 0 Å². The van der Waals surface area contributed by atoms with Gasteiger partial charge in [0.2, 0.25) is 5.95 Å². The maximum Gasteiger partial charge on any atom is 0.235 e. The Morgan fingerprint density at radius 3 is 1.54 bits per heavy atom. The lowest BCUT2D eigenvalue weighted by Crippen LogP contribution is -2.04. The van der Waals surface area contributed by atoms with Crippen LogP contribution in [-0.2, 0) is 0 Å². The fourth-order valence-corrected chi connectivity index (χ4v) is 8.35. The summed E-state index contributed by atoms with van der Waals surface area (Å²) in [6.07, 6.45) is 0. The molecule has 0 aliphatic carbocycles. The van der Waals surface area contributed by atoms with E-state index in [0.717, 1.165) is 66.6 Å². The third-order valence-corrected chi connectivity index (χ3v) is 11.0. The van der Waals surface area contributed by atoms with Crippen molar-refractivity contribution in [2.45, 2.75) is 0 Å². The Hall–Kier alpha value is -7.56. The second-order valence-corrected chi connectivity index (χ2v) is 14.2. The quantitative estimate of drug-likeness (QED) is 0.172. The first-order valence-corrected chi connectivity index (χ1v) is 19.0. The Kier molecular flexibility index (Phi) is 7.46.